The van der Waals surface area contributed by atoms with Crippen molar-refractivity contribution < 1.29 is 14.6 Å². The Morgan fingerprint density at radius 2 is 1.84 bits per heavy atom. The third kappa shape index (κ3) is 2.79. The Kier molecular flexibility index (Phi) is 3.92. The minimum Gasteiger partial charge on any atom is -0.450 e. The molecule has 0 bridgehead atoms. The predicted molar refractivity (Wildman–Crippen MR) is 77.3 cm³/mol. The molecule has 0 aromatic heterocycles. The van der Waals surface area contributed by atoms with E-state index in [1.165, 1.54) is 0 Å². The van der Waals surface area contributed by atoms with Crippen LogP contribution in [0.1, 0.15) is 18.1 Å². The van der Waals surface area contributed by atoms with Gasteiger partial charge in [-0.1, -0.05) is 50.0 Å². The van der Waals surface area contributed by atoms with Gasteiger partial charge >= 0.3 is 5.97 Å². The number of hydrogen-bond acceptors (Lipinski definition) is 3. The summed E-state index contributed by atoms with van der Waals surface area (Å²) < 4.78 is 5.56. The van der Waals surface area contributed by atoms with Gasteiger partial charge in [-0.2, -0.15) is 0 Å². The standard InChI is InChI=1S/C15H20O3Si/c1-19(2,3)14-12(9-10-16)15(17)18-13(14)11-7-5-4-6-8-11/h4-8,13,16H,9-10H2,1-3H3. The van der Waals surface area contributed by atoms with Crippen molar-refractivity contribution >= 4 is 14.0 Å². The zero-order valence-electron chi connectivity index (χ0n) is 11.6. The first-order valence-electron chi connectivity index (χ1n) is 6.55. The fraction of sp³-hybridized carbons (Fsp3) is 0.400. The number of carbonyl (C=O) groups is 1. The molecule has 1 N–H and O–H groups in total. The molecule has 4 heteroatoms. The van der Waals surface area contributed by atoms with Crippen molar-refractivity contribution in [2.24, 2.45) is 0 Å². The largest absolute Gasteiger partial charge is 0.450 e. The highest BCUT2D eigenvalue weighted by Gasteiger charge is 2.40. The average Bonchev–Trinajstić information content (AvgIpc) is 2.68. The average molecular weight is 276 g/mol. The smallest absolute Gasteiger partial charge is 0.334 e. The summed E-state index contributed by atoms with van der Waals surface area (Å²) in [6, 6.07) is 9.83. The fourth-order valence-corrected chi connectivity index (χ4v) is 4.71. The van der Waals surface area contributed by atoms with Crippen molar-refractivity contribution in [3.05, 3.63) is 46.7 Å². The Morgan fingerprint density at radius 3 is 2.37 bits per heavy atom. The minimum absolute atomic E-state index is 0.0140. The van der Waals surface area contributed by atoms with E-state index in [4.69, 9.17) is 9.84 Å². The summed E-state index contributed by atoms with van der Waals surface area (Å²) in [7, 11) is -1.69. The van der Waals surface area contributed by atoms with E-state index in [9.17, 15) is 4.79 Å². The molecule has 0 aliphatic carbocycles. The van der Waals surface area contributed by atoms with E-state index >= 15 is 0 Å². The van der Waals surface area contributed by atoms with Crippen LogP contribution >= 0.6 is 0 Å². The van der Waals surface area contributed by atoms with Crippen LogP contribution in [0.5, 0.6) is 0 Å². The number of carbonyl (C=O) groups excluding carboxylic acids is 1. The van der Waals surface area contributed by atoms with Crippen LogP contribution in [-0.2, 0) is 9.53 Å². The van der Waals surface area contributed by atoms with Crippen LogP contribution < -0.4 is 0 Å². The van der Waals surface area contributed by atoms with E-state index in [1.807, 2.05) is 30.3 Å². The second-order valence-corrected chi connectivity index (χ2v) is 10.9. The fourth-order valence-electron chi connectivity index (χ4n) is 2.56. The van der Waals surface area contributed by atoms with Crippen molar-refractivity contribution in [1.29, 1.82) is 0 Å². The molecule has 1 atom stereocenters. The lowest BCUT2D eigenvalue weighted by molar-refractivity contribution is -0.140. The van der Waals surface area contributed by atoms with Crippen LogP contribution in [-0.4, -0.2) is 25.8 Å². The Labute approximate surface area is 114 Å². The minimum atomic E-state index is -1.69. The van der Waals surface area contributed by atoms with Crippen molar-refractivity contribution in [1.82, 2.24) is 0 Å². The molecule has 1 aliphatic rings. The van der Waals surface area contributed by atoms with Crippen LogP contribution in [0, 0.1) is 0 Å². The van der Waals surface area contributed by atoms with Gasteiger partial charge in [0, 0.05) is 18.6 Å². The highest BCUT2D eigenvalue weighted by atomic mass is 28.3. The molecule has 1 heterocycles. The number of esters is 1. The van der Waals surface area contributed by atoms with Crippen LogP contribution in [0.3, 0.4) is 0 Å². The maximum atomic E-state index is 12.0. The van der Waals surface area contributed by atoms with E-state index in [0.717, 1.165) is 10.8 Å². The second-order valence-electron chi connectivity index (χ2n) is 5.81. The van der Waals surface area contributed by atoms with Gasteiger partial charge in [-0.15, -0.1) is 0 Å². The van der Waals surface area contributed by atoms with Gasteiger partial charge in [-0.25, -0.2) is 4.79 Å². The Bertz CT molecular complexity index is 500. The molecule has 1 aromatic rings. The molecule has 0 fully saturated rings. The predicted octanol–water partition coefficient (Wildman–Crippen LogP) is 2.84. The van der Waals surface area contributed by atoms with Gasteiger partial charge in [0.1, 0.15) is 6.10 Å². The second kappa shape index (κ2) is 5.31. The van der Waals surface area contributed by atoms with Crippen molar-refractivity contribution in [3.8, 4) is 0 Å². The van der Waals surface area contributed by atoms with Gasteiger partial charge in [-0.3, -0.25) is 0 Å². The maximum Gasteiger partial charge on any atom is 0.334 e. The van der Waals surface area contributed by atoms with Gasteiger partial charge in [0.2, 0.25) is 0 Å². The molecule has 0 radical (unpaired) electrons. The first-order chi connectivity index (χ1) is 8.95. The number of ether oxygens (including phenoxy) is 1. The van der Waals surface area contributed by atoms with Gasteiger partial charge in [0.05, 0.1) is 8.07 Å². The SMILES string of the molecule is C[Si](C)(C)C1=C(CCO)C(=O)OC1c1ccccc1. The third-order valence-corrected chi connectivity index (χ3v) is 5.51. The number of hydrogen-bond donors (Lipinski definition) is 1. The first-order valence-corrected chi connectivity index (χ1v) is 10.1. The zero-order valence-corrected chi connectivity index (χ0v) is 12.6. The van der Waals surface area contributed by atoms with Gasteiger partial charge in [-0.05, 0) is 10.8 Å². The van der Waals surface area contributed by atoms with Crippen LogP contribution in [0.4, 0.5) is 0 Å². The number of benzene rings is 1. The summed E-state index contributed by atoms with van der Waals surface area (Å²) in [6.45, 7) is 6.60. The highest BCUT2D eigenvalue weighted by molar-refractivity contribution is 6.83. The molecule has 19 heavy (non-hydrogen) atoms. The number of cyclic esters (lactones) is 1. The van der Waals surface area contributed by atoms with E-state index in [1.54, 1.807) is 0 Å². The summed E-state index contributed by atoms with van der Waals surface area (Å²) in [5, 5.41) is 10.3. The lowest BCUT2D eigenvalue weighted by Crippen LogP contribution is -2.28. The summed E-state index contributed by atoms with van der Waals surface area (Å²) in [6.07, 6.45) is 0.129. The lowest BCUT2D eigenvalue weighted by Gasteiger charge is -2.24. The van der Waals surface area contributed by atoms with Crippen LogP contribution in [0.2, 0.25) is 19.6 Å². The Balaban J connectivity index is 2.49. The summed E-state index contributed by atoms with van der Waals surface area (Å²) in [4.78, 5) is 12.0. The molecule has 2 rings (SSSR count). The van der Waals surface area contributed by atoms with Crippen molar-refractivity contribution in [3.63, 3.8) is 0 Å². The van der Waals surface area contributed by atoms with Crippen LogP contribution in [0.15, 0.2) is 41.1 Å². The first kappa shape index (κ1) is 14.0. The normalized spacial score (nSPS) is 19.8. The molecule has 1 aromatic carbocycles. The number of aliphatic hydroxyl groups excluding tert-OH is 1. The van der Waals surface area contributed by atoms with Gasteiger partial charge in [0.15, 0.2) is 0 Å². The summed E-state index contributed by atoms with van der Waals surface area (Å²) in [5.74, 6) is -0.264. The molecule has 102 valence electrons. The highest BCUT2D eigenvalue weighted by Crippen LogP contribution is 2.41. The zero-order chi connectivity index (χ0) is 14.0. The van der Waals surface area contributed by atoms with E-state index in [2.05, 4.69) is 19.6 Å². The van der Waals surface area contributed by atoms with E-state index in [-0.39, 0.29) is 18.7 Å². The van der Waals surface area contributed by atoms with Crippen LogP contribution in [0.25, 0.3) is 0 Å². The van der Waals surface area contributed by atoms with Crippen molar-refractivity contribution in [2.75, 3.05) is 6.61 Å². The van der Waals surface area contributed by atoms with Gasteiger partial charge < -0.3 is 9.84 Å². The number of rotatable bonds is 4. The molecule has 1 aliphatic heterocycles. The van der Waals surface area contributed by atoms with E-state index in [0.29, 0.717) is 12.0 Å². The molecule has 0 spiro atoms. The maximum absolute atomic E-state index is 12.0. The summed E-state index contributed by atoms with van der Waals surface area (Å²) >= 11 is 0. The van der Waals surface area contributed by atoms with Crippen molar-refractivity contribution in [2.45, 2.75) is 32.2 Å². The lowest BCUT2D eigenvalue weighted by atomic mass is 10.1. The Hall–Kier alpha value is -1.39. The molecule has 0 saturated carbocycles. The molecular weight excluding hydrogens is 256 g/mol. The third-order valence-electron chi connectivity index (χ3n) is 3.33. The van der Waals surface area contributed by atoms with E-state index < -0.39 is 8.07 Å². The summed E-state index contributed by atoms with van der Waals surface area (Å²) in [5.41, 5.74) is 1.71. The topological polar surface area (TPSA) is 46.5 Å². The Morgan fingerprint density at radius 1 is 1.21 bits per heavy atom. The molecule has 3 nitrogen and oxygen atoms in total. The molecule has 0 amide bonds. The molecular formula is C15H20O3Si. The quantitative estimate of drug-likeness (QED) is 0.679. The molecule has 1 unspecified atom stereocenters. The number of aliphatic hydroxyl groups is 1. The van der Waals surface area contributed by atoms with Gasteiger partial charge in [0.25, 0.3) is 0 Å². The molecule has 0 saturated heterocycles. The monoisotopic (exact) mass is 276 g/mol.